The van der Waals surface area contributed by atoms with Gasteiger partial charge in [-0.15, -0.1) is 0 Å². The smallest absolute Gasteiger partial charge is 0.0587 e. The molecule has 1 aliphatic heterocycles. The van der Waals surface area contributed by atoms with Crippen LogP contribution < -0.4 is 5.32 Å². The molecule has 1 fully saturated rings. The first-order chi connectivity index (χ1) is 10.4. The molecule has 1 aromatic carbocycles. The lowest BCUT2D eigenvalue weighted by atomic mass is 9.95. The number of fused-ring (bicyclic) bond motifs is 1. The normalized spacial score (nSPS) is 20.8. The van der Waals surface area contributed by atoms with Crippen molar-refractivity contribution in [3.05, 3.63) is 35.4 Å². The Bertz CT molecular complexity index is 416. The maximum atomic E-state index is 5.08. The second-order valence-electron chi connectivity index (χ2n) is 6.51. The number of ether oxygens (including phenoxy) is 1. The van der Waals surface area contributed by atoms with Crippen molar-refractivity contribution in [2.45, 2.75) is 31.7 Å². The van der Waals surface area contributed by atoms with Crippen LogP contribution in [0.15, 0.2) is 24.3 Å². The zero-order valence-electron chi connectivity index (χ0n) is 13.2. The predicted octanol–water partition coefficient (Wildman–Crippen LogP) is 2.10. The number of rotatable bonds is 6. The van der Waals surface area contributed by atoms with Crippen LogP contribution >= 0.6 is 0 Å². The number of nitrogens with zero attached hydrogens (tertiary/aromatic N) is 1. The van der Waals surface area contributed by atoms with Crippen molar-refractivity contribution in [3.63, 3.8) is 0 Å². The second-order valence-corrected chi connectivity index (χ2v) is 6.51. The first-order valence-electron chi connectivity index (χ1n) is 8.37. The Hall–Kier alpha value is -0.900. The van der Waals surface area contributed by atoms with Crippen LogP contribution in [0.1, 0.15) is 24.0 Å². The van der Waals surface area contributed by atoms with E-state index in [-0.39, 0.29) is 0 Å². The fraction of sp³-hybridized carbons (Fsp3) is 0.667. The summed E-state index contributed by atoms with van der Waals surface area (Å²) in [4.78, 5) is 2.73. The quantitative estimate of drug-likeness (QED) is 0.811. The molecule has 1 aliphatic carbocycles. The molecule has 0 radical (unpaired) electrons. The molecule has 1 saturated heterocycles. The average Bonchev–Trinajstić information content (AvgIpc) is 2.96. The maximum absolute atomic E-state index is 5.08. The van der Waals surface area contributed by atoms with E-state index >= 15 is 0 Å². The Kier molecular flexibility index (Phi) is 5.28. The number of piperidine rings is 1. The molecule has 21 heavy (non-hydrogen) atoms. The van der Waals surface area contributed by atoms with Crippen LogP contribution in [0, 0.1) is 5.92 Å². The lowest BCUT2D eigenvalue weighted by Crippen LogP contribution is -2.43. The van der Waals surface area contributed by atoms with E-state index in [4.69, 9.17) is 4.74 Å². The molecule has 0 unspecified atom stereocenters. The van der Waals surface area contributed by atoms with Gasteiger partial charge in [0.25, 0.3) is 0 Å². The van der Waals surface area contributed by atoms with E-state index in [2.05, 4.69) is 34.5 Å². The van der Waals surface area contributed by atoms with Gasteiger partial charge in [0.2, 0.25) is 0 Å². The van der Waals surface area contributed by atoms with Crippen molar-refractivity contribution in [3.8, 4) is 0 Å². The van der Waals surface area contributed by atoms with Gasteiger partial charge in [-0.2, -0.15) is 0 Å². The van der Waals surface area contributed by atoms with Crippen LogP contribution in [-0.2, 0) is 17.6 Å². The van der Waals surface area contributed by atoms with Crippen LogP contribution in [0.25, 0.3) is 0 Å². The highest BCUT2D eigenvalue weighted by Gasteiger charge is 2.29. The highest BCUT2D eigenvalue weighted by Crippen LogP contribution is 2.28. The minimum absolute atomic E-state index is 0.754. The average molecular weight is 288 g/mol. The largest absolute Gasteiger partial charge is 0.383 e. The Morgan fingerprint density at radius 1 is 1.14 bits per heavy atom. The number of hydrogen-bond acceptors (Lipinski definition) is 3. The van der Waals surface area contributed by atoms with Gasteiger partial charge in [0.05, 0.1) is 6.61 Å². The number of hydrogen-bond donors (Lipinski definition) is 1. The van der Waals surface area contributed by atoms with E-state index in [9.17, 15) is 0 Å². The van der Waals surface area contributed by atoms with Crippen molar-refractivity contribution < 1.29 is 4.74 Å². The van der Waals surface area contributed by atoms with E-state index < -0.39 is 0 Å². The molecular weight excluding hydrogens is 260 g/mol. The topological polar surface area (TPSA) is 24.5 Å². The number of nitrogens with one attached hydrogen (secondary N) is 1. The molecule has 0 saturated carbocycles. The summed E-state index contributed by atoms with van der Waals surface area (Å²) in [6, 6.07) is 9.73. The first-order valence-corrected chi connectivity index (χ1v) is 8.37. The summed E-state index contributed by atoms with van der Waals surface area (Å²) < 4.78 is 5.08. The van der Waals surface area contributed by atoms with Crippen LogP contribution in [0.2, 0.25) is 0 Å². The van der Waals surface area contributed by atoms with Gasteiger partial charge in [-0.1, -0.05) is 24.3 Å². The molecule has 0 bridgehead atoms. The fourth-order valence-electron chi connectivity index (χ4n) is 3.80. The van der Waals surface area contributed by atoms with Gasteiger partial charge in [0.1, 0.15) is 0 Å². The molecule has 3 heteroatoms. The Balaban J connectivity index is 1.41. The van der Waals surface area contributed by atoms with Crippen LogP contribution in [0.5, 0.6) is 0 Å². The van der Waals surface area contributed by atoms with Crippen molar-refractivity contribution in [1.29, 1.82) is 0 Å². The third-order valence-electron chi connectivity index (χ3n) is 5.11. The zero-order valence-corrected chi connectivity index (χ0v) is 13.2. The summed E-state index contributed by atoms with van der Waals surface area (Å²) in [5, 5.41) is 3.51. The van der Waals surface area contributed by atoms with Gasteiger partial charge in [0.15, 0.2) is 0 Å². The van der Waals surface area contributed by atoms with E-state index in [1.807, 2.05) is 0 Å². The highest BCUT2D eigenvalue weighted by atomic mass is 16.5. The van der Waals surface area contributed by atoms with Gasteiger partial charge in [-0.05, 0) is 62.4 Å². The van der Waals surface area contributed by atoms with Gasteiger partial charge < -0.3 is 10.1 Å². The molecule has 1 N–H and O–H groups in total. The first kappa shape index (κ1) is 15.0. The van der Waals surface area contributed by atoms with Crippen LogP contribution in [0.4, 0.5) is 0 Å². The van der Waals surface area contributed by atoms with Crippen molar-refractivity contribution in [2.75, 3.05) is 39.9 Å². The van der Waals surface area contributed by atoms with Crippen molar-refractivity contribution in [2.24, 2.45) is 5.92 Å². The molecule has 0 aromatic heterocycles. The molecule has 0 atom stereocenters. The summed E-state index contributed by atoms with van der Waals surface area (Å²) >= 11 is 0. The third kappa shape index (κ3) is 3.85. The monoisotopic (exact) mass is 288 g/mol. The molecule has 116 valence electrons. The number of likely N-dealkylation sites (tertiary alicyclic amines) is 1. The highest BCUT2D eigenvalue weighted by molar-refractivity contribution is 5.33. The third-order valence-corrected chi connectivity index (χ3v) is 5.11. The van der Waals surface area contributed by atoms with E-state index in [1.165, 1.54) is 38.8 Å². The second kappa shape index (κ2) is 7.39. The maximum Gasteiger partial charge on any atom is 0.0587 e. The Morgan fingerprint density at radius 3 is 2.43 bits per heavy atom. The summed E-state index contributed by atoms with van der Waals surface area (Å²) in [7, 11) is 1.76. The van der Waals surface area contributed by atoms with Gasteiger partial charge in [-0.25, -0.2) is 0 Å². The summed E-state index contributed by atoms with van der Waals surface area (Å²) in [6.45, 7) is 5.50. The predicted molar refractivity (Wildman–Crippen MR) is 86.7 cm³/mol. The summed E-state index contributed by atoms with van der Waals surface area (Å²) in [6.07, 6.45) is 5.19. The Morgan fingerprint density at radius 2 is 1.81 bits per heavy atom. The minimum Gasteiger partial charge on any atom is -0.383 e. The zero-order chi connectivity index (χ0) is 14.5. The van der Waals surface area contributed by atoms with E-state index in [1.54, 1.807) is 18.2 Å². The molecule has 3 rings (SSSR count). The SMILES string of the molecule is COCCNCC1CCN(C2Cc3ccccc3C2)CC1. The minimum atomic E-state index is 0.754. The van der Waals surface area contributed by atoms with Gasteiger partial charge in [-0.3, -0.25) is 4.90 Å². The fourth-order valence-corrected chi connectivity index (χ4v) is 3.80. The number of benzene rings is 1. The molecular formula is C18H28N2O. The molecule has 3 nitrogen and oxygen atoms in total. The van der Waals surface area contributed by atoms with E-state index in [0.717, 1.165) is 31.7 Å². The van der Waals surface area contributed by atoms with Crippen molar-refractivity contribution in [1.82, 2.24) is 10.2 Å². The standard InChI is InChI=1S/C18H28N2O/c1-21-11-8-19-14-15-6-9-20(10-7-15)18-12-16-4-2-3-5-17(16)13-18/h2-5,15,18-19H,6-14H2,1H3. The van der Waals surface area contributed by atoms with Crippen molar-refractivity contribution >= 4 is 0 Å². The molecule has 1 aromatic rings. The van der Waals surface area contributed by atoms with Crippen LogP contribution in [0.3, 0.4) is 0 Å². The molecule has 0 spiro atoms. The lowest BCUT2D eigenvalue weighted by Gasteiger charge is -2.36. The van der Waals surface area contributed by atoms with Gasteiger partial charge >= 0.3 is 0 Å². The Labute approximate surface area is 128 Å². The molecule has 2 aliphatic rings. The molecule has 0 amide bonds. The molecule has 1 heterocycles. The lowest BCUT2D eigenvalue weighted by molar-refractivity contribution is 0.133. The summed E-state index contributed by atoms with van der Waals surface area (Å²) in [5.74, 6) is 0.849. The number of methoxy groups -OCH3 is 1. The van der Waals surface area contributed by atoms with E-state index in [0.29, 0.717) is 0 Å². The van der Waals surface area contributed by atoms with Crippen LogP contribution in [-0.4, -0.2) is 50.8 Å². The van der Waals surface area contributed by atoms with Gasteiger partial charge in [0, 0.05) is 19.7 Å². The summed E-state index contributed by atoms with van der Waals surface area (Å²) in [5.41, 5.74) is 3.15.